The Balaban J connectivity index is 1.38. The van der Waals surface area contributed by atoms with Crippen molar-refractivity contribution in [3.8, 4) is 6.07 Å². The maximum Gasteiger partial charge on any atom is 0.238 e. The van der Waals surface area contributed by atoms with Crippen LogP contribution in [0.1, 0.15) is 18.4 Å². The summed E-state index contributed by atoms with van der Waals surface area (Å²) in [4.78, 5) is 18.8. The monoisotopic (exact) mass is 419 g/mol. The number of piperidine rings is 1. The van der Waals surface area contributed by atoms with E-state index in [0.717, 1.165) is 48.2 Å². The third kappa shape index (κ3) is 4.70. The fraction of sp³-hybridized carbons (Fsp3) is 0.261. The van der Waals surface area contributed by atoms with Gasteiger partial charge in [-0.25, -0.2) is 0 Å². The smallest absolute Gasteiger partial charge is 0.238 e. The minimum atomic E-state index is -0.00542. The van der Waals surface area contributed by atoms with Gasteiger partial charge in [0.1, 0.15) is 6.07 Å². The molecule has 2 aromatic carbocycles. The second-order valence-corrected chi connectivity index (χ2v) is 7.87. The highest BCUT2D eigenvalue weighted by Gasteiger charge is 2.22. The zero-order valence-corrected chi connectivity index (χ0v) is 17.2. The molecule has 2 heterocycles. The Morgan fingerprint density at radius 1 is 1.20 bits per heavy atom. The number of anilines is 2. The number of likely N-dealkylation sites (tertiary alicyclic amines) is 1. The molecule has 7 heteroatoms. The van der Waals surface area contributed by atoms with Gasteiger partial charge in [-0.2, -0.15) is 5.26 Å². The number of nitriles is 1. The third-order valence-electron chi connectivity index (χ3n) is 5.31. The van der Waals surface area contributed by atoms with E-state index in [1.807, 2.05) is 42.5 Å². The van der Waals surface area contributed by atoms with Crippen molar-refractivity contribution >= 4 is 39.8 Å². The van der Waals surface area contributed by atoms with Gasteiger partial charge in [0.25, 0.3) is 0 Å². The molecule has 0 atom stereocenters. The molecule has 0 spiro atoms. The zero-order valence-electron chi connectivity index (χ0n) is 16.4. The molecule has 0 unspecified atom stereocenters. The van der Waals surface area contributed by atoms with Crippen LogP contribution in [0.3, 0.4) is 0 Å². The topological polar surface area (TPSA) is 81.1 Å². The molecular weight excluding hydrogens is 398 g/mol. The van der Waals surface area contributed by atoms with Crippen LogP contribution >= 0.6 is 11.6 Å². The highest BCUT2D eigenvalue weighted by molar-refractivity contribution is 6.31. The summed E-state index contributed by atoms with van der Waals surface area (Å²) in [5.74, 6) is -0.00542. The van der Waals surface area contributed by atoms with E-state index in [4.69, 9.17) is 11.6 Å². The average Bonchev–Trinajstić information content (AvgIpc) is 2.76. The Hall–Kier alpha value is -3.14. The molecule has 1 fully saturated rings. The van der Waals surface area contributed by atoms with Crippen LogP contribution in [0.5, 0.6) is 0 Å². The second-order valence-electron chi connectivity index (χ2n) is 7.43. The predicted octanol–water partition coefficient (Wildman–Crippen LogP) is 4.27. The fourth-order valence-corrected chi connectivity index (χ4v) is 3.94. The number of halogens is 1. The number of hydrogen-bond acceptors (Lipinski definition) is 5. The van der Waals surface area contributed by atoms with Crippen LogP contribution < -0.4 is 10.6 Å². The number of nitrogens with one attached hydrogen (secondary N) is 2. The summed E-state index contributed by atoms with van der Waals surface area (Å²) in [5, 5.41) is 17.5. The van der Waals surface area contributed by atoms with Crippen LogP contribution in [-0.2, 0) is 4.79 Å². The van der Waals surface area contributed by atoms with E-state index in [0.29, 0.717) is 17.1 Å². The Labute approximate surface area is 180 Å². The van der Waals surface area contributed by atoms with Gasteiger partial charge in [-0.3, -0.25) is 14.7 Å². The van der Waals surface area contributed by atoms with Crippen LogP contribution in [0.25, 0.3) is 10.9 Å². The van der Waals surface area contributed by atoms with Gasteiger partial charge in [-0.05, 0) is 43.2 Å². The number of rotatable bonds is 5. The molecule has 1 saturated heterocycles. The molecule has 1 aliphatic heterocycles. The Morgan fingerprint density at radius 3 is 2.70 bits per heavy atom. The number of carbonyl (C=O) groups excluding carboxylic acids is 1. The molecule has 0 bridgehead atoms. The first-order chi connectivity index (χ1) is 14.6. The van der Waals surface area contributed by atoms with Crippen molar-refractivity contribution in [2.45, 2.75) is 18.9 Å². The summed E-state index contributed by atoms with van der Waals surface area (Å²) in [6, 6.07) is 17.4. The lowest BCUT2D eigenvalue weighted by atomic mass is 10.0. The molecule has 1 aliphatic rings. The highest BCUT2D eigenvalue weighted by atomic mass is 35.5. The molecule has 4 rings (SSSR count). The van der Waals surface area contributed by atoms with Gasteiger partial charge in [0.15, 0.2) is 0 Å². The second kappa shape index (κ2) is 9.12. The van der Waals surface area contributed by atoms with E-state index in [1.165, 1.54) is 0 Å². The van der Waals surface area contributed by atoms with Gasteiger partial charge in [0, 0.05) is 41.4 Å². The van der Waals surface area contributed by atoms with E-state index in [2.05, 4.69) is 26.6 Å². The van der Waals surface area contributed by atoms with Crippen molar-refractivity contribution < 1.29 is 4.79 Å². The van der Waals surface area contributed by atoms with E-state index in [-0.39, 0.29) is 11.9 Å². The number of aromatic nitrogens is 1. The number of hydrogen-bond donors (Lipinski definition) is 2. The summed E-state index contributed by atoms with van der Waals surface area (Å²) >= 11 is 6.17. The summed E-state index contributed by atoms with van der Waals surface area (Å²) in [6.07, 6.45) is 3.36. The number of pyridine rings is 1. The molecule has 3 aromatic rings. The van der Waals surface area contributed by atoms with E-state index < -0.39 is 0 Å². The molecule has 2 N–H and O–H groups in total. The minimum absolute atomic E-state index is 0.00542. The lowest BCUT2D eigenvalue weighted by molar-refractivity contribution is -0.117. The molecule has 1 aromatic heterocycles. The lowest BCUT2D eigenvalue weighted by Crippen LogP contribution is -2.42. The van der Waals surface area contributed by atoms with Crippen molar-refractivity contribution in [2.24, 2.45) is 0 Å². The zero-order chi connectivity index (χ0) is 20.9. The van der Waals surface area contributed by atoms with Crippen molar-refractivity contribution in [1.82, 2.24) is 9.88 Å². The maximum absolute atomic E-state index is 12.3. The maximum atomic E-state index is 12.3. The van der Waals surface area contributed by atoms with Crippen LogP contribution in [0.2, 0.25) is 5.02 Å². The average molecular weight is 420 g/mol. The Kier molecular flexibility index (Phi) is 6.12. The summed E-state index contributed by atoms with van der Waals surface area (Å²) in [6.45, 7) is 2.00. The molecule has 152 valence electrons. The van der Waals surface area contributed by atoms with Gasteiger partial charge >= 0.3 is 0 Å². The molecule has 6 nitrogen and oxygen atoms in total. The number of amides is 1. The first-order valence-electron chi connectivity index (χ1n) is 9.94. The van der Waals surface area contributed by atoms with Crippen LogP contribution in [0, 0.1) is 11.3 Å². The predicted molar refractivity (Wildman–Crippen MR) is 120 cm³/mol. The first kappa shape index (κ1) is 20.1. The number of fused-ring (bicyclic) bond motifs is 1. The van der Waals surface area contributed by atoms with Gasteiger partial charge in [-0.1, -0.05) is 29.8 Å². The van der Waals surface area contributed by atoms with Crippen molar-refractivity contribution in [1.29, 1.82) is 5.26 Å². The lowest BCUT2D eigenvalue weighted by Gasteiger charge is -2.32. The van der Waals surface area contributed by atoms with Gasteiger partial charge < -0.3 is 10.6 Å². The fourth-order valence-electron chi connectivity index (χ4n) is 3.77. The first-order valence-corrected chi connectivity index (χ1v) is 10.3. The molecule has 0 saturated carbocycles. The van der Waals surface area contributed by atoms with Crippen molar-refractivity contribution in [3.05, 3.63) is 65.3 Å². The number of nitrogens with zero attached hydrogens (tertiary/aromatic N) is 3. The molecule has 0 radical (unpaired) electrons. The van der Waals surface area contributed by atoms with Crippen molar-refractivity contribution in [3.63, 3.8) is 0 Å². The number of para-hydroxylation sites is 1. The largest absolute Gasteiger partial charge is 0.381 e. The van der Waals surface area contributed by atoms with Gasteiger partial charge in [0.2, 0.25) is 5.91 Å². The molecule has 0 aliphatic carbocycles. The minimum Gasteiger partial charge on any atom is -0.381 e. The normalized spacial score (nSPS) is 14.9. The number of carbonyl (C=O) groups is 1. The Bertz CT molecular complexity index is 1090. The van der Waals surface area contributed by atoms with E-state index >= 15 is 0 Å². The van der Waals surface area contributed by atoms with Gasteiger partial charge in [-0.15, -0.1) is 0 Å². The number of benzene rings is 2. The van der Waals surface area contributed by atoms with Crippen molar-refractivity contribution in [2.75, 3.05) is 30.3 Å². The standard InChI is InChI=1S/C23H22ClN5O/c24-17-6-7-21-20(12-17)23(16(13-25)14-26-21)28-19-8-10-29(11-9-19)15-22(30)27-18-4-2-1-3-5-18/h1-7,12,14,19H,8-11,15H2,(H,26,28)(H,27,30). The SMILES string of the molecule is N#Cc1cnc2ccc(Cl)cc2c1NC1CCN(CC(=O)Nc2ccccc2)CC1. The van der Waals surface area contributed by atoms with Gasteiger partial charge in [0.05, 0.1) is 23.3 Å². The van der Waals surface area contributed by atoms with E-state index in [1.54, 1.807) is 12.3 Å². The molecular formula is C23H22ClN5O. The molecule has 1 amide bonds. The van der Waals surface area contributed by atoms with Crippen LogP contribution in [0.4, 0.5) is 11.4 Å². The quantitative estimate of drug-likeness (QED) is 0.645. The van der Waals surface area contributed by atoms with Crippen LogP contribution in [-0.4, -0.2) is 41.5 Å². The summed E-state index contributed by atoms with van der Waals surface area (Å²) in [5.41, 5.74) is 2.90. The summed E-state index contributed by atoms with van der Waals surface area (Å²) in [7, 11) is 0. The van der Waals surface area contributed by atoms with E-state index in [9.17, 15) is 10.1 Å². The summed E-state index contributed by atoms with van der Waals surface area (Å²) < 4.78 is 0. The third-order valence-corrected chi connectivity index (χ3v) is 5.55. The Morgan fingerprint density at radius 2 is 1.97 bits per heavy atom. The highest BCUT2D eigenvalue weighted by Crippen LogP contribution is 2.30. The van der Waals surface area contributed by atoms with Crippen LogP contribution in [0.15, 0.2) is 54.7 Å². The molecule has 30 heavy (non-hydrogen) atoms.